The van der Waals surface area contributed by atoms with Crippen LogP contribution in [0.4, 0.5) is 0 Å². The number of unbranched alkanes of at least 4 members (excludes halogenated alkanes) is 16. The topological polar surface area (TPSA) is 0 Å². The fourth-order valence-corrected chi connectivity index (χ4v) is 9.27. The first-order chi connectivity index (χ1) is 29.8. The van der Waals surface area contributed by atoms with Crippen molar-refractivity contribution in [1.29, 1.82) is 0 Å². The number of rotatable bonds is 24. The summed E-state index contributed by atoms with van der Waals surface area (Å²) in [5.41, 5.74) is 17.7. The molecule has 0 nitrogen and oxygen atoms in total. The smallest absolute Gasteiger partial charge is 0.0276 e. The predicted octanol–water partition coefficient (Wildman–Crippen LogP) is 30.7. The first-order valence-corrected chi connectivity index (χ1v) is 27.0. The van der Waals surface area contributed by atoms with Crippen LogP contribution in [0.3, 0.4) is 0 Å². The number of hydrogen-bond acceptors (Lipinski definition) is 0. The molecular formula is C78H170. The van der Waals surface area contributed by atoms with E-state index in [9.17, 15) is 0 Å². The highest BCUT2D eigenvalue weighted by molar-refractivity contribution is 5.39. The van der Waals surface area contributed by atoms with Crippen LogP contribution in [0.25, 0.3) is 0 Å². The highest BCUT2D eigenvalue weighted by atomic mass is 14.2. The van der Waals surface area contributed by atoms with E-state index < -0.39 is 0 Å². The summed E-state index contributed by atoms with van der Waals surface area (Å²) in [6.07, 6.45) is 39.2. The van der Waals surface area contributed by atoms with Crippen molar-refractivity contribution in [2.24, 2.45) is 11.8 Å². The molecule has 1 saturated carbocycles. The van der Waals surface area contributed by atoms with Gasteiger partial charge in [0.2, 0.25) is 0 Å². The van der Waals surface area contributed by atoms with Gasteiger partial charge in [0, 0.05) is 0 Å². The number of hydrogen-bond donors (Lipinski definition) is 0. The Labute approximate surface area is 508 Å². The number of aryl methyl sites for hydroxylation is 9. The second-order valence-corrected chi connectivity index (χ2v) is 20.3. The first kappa shape index (κ1) is 118. The van der Waals surface area contributed by atoms with Crippen molar-refractivity contribution in [2.75, 3.05) is 0 Å². The summed E-state index contributed by atoms with van der Waals surface area (Å²) in [7, 11) is 0. The largest absolute Gasteiger partial charge is 0.0776 e. The molecule has 3 aromatic carbocycles. The van der Waals surface area contributed by atoms with Crippen molar-refractivity contribution in [1.82, 2.24) is 0 Å². The van der Waals surface area contributed by atoms with Gasteiger partial charge in [0.15, 0.2) is 0 Å². The van der Waals surface area contributed by atoms with Gasteiger partial charge < -0.3 is 0 Å². The minimum atomic E-state index is 0. The van der Waals surface area contributed by atoms with E-state index in [1.54, 1.807) is 11.1 Å². The molecule has 78 heavy (non-hydrogen) atoms. The van der Waals surface area contributed by atoms with E-state index in [0.717, 1.165) is 11.8 Å². The van der Waals surface area contributed by atoms with Crippen molar-refractivity contribution in [3.8, 4) is 0 Å². The average Bonchev–Trinajstić information content (AvgIpc) is 3.25. The molecule has 0 bridgehead atoms. The van der Waals surface area contributed by atoms with Gasteiger partial charge in [0.05, 0.1) is 0 Å². The zero-order valence-electron chi connectivity index (χ0n) is 44.4. The van der Waals surface area contributed by atoms with E-state index in [0.29, 0.717) is 0 Å². The summed E-state index contributed by atoms with van der Waals surface area (Å²) in [4.78, 5) is 0. The highest BCUT2D eigenvalue weighted by Crippen LogP contribution is 2.31. The Morgan fingerprint density at radius 3 is 1.04 bits per heavy atom. The summed E-state index contributed by atoms with van der Waals surface area (Å²) < 4.78 is 0. The molecule has 0 heterocycles. The van der Waals surface area contributed by atoms with Gasteiger partial charge in [0.25, 0.3) is 0 Å². The maximum absolute atomic E-state index is 2.41. The third-order valence-corrected chi connectivity index (χ3v) is 14.6. The molecule has 482 valence electrons. The van der Waals surface area contributed by atoms with Crippen LogP contribution in [0.1, 0.15) is 381 Å². The van der Waals surface area contributed by atoms with Crippen LogP contribution in [0, 0.1) is 74.1 Å². The summed E-state index contributed by atoms with van der Waals surface area (Å²) in [6, 6.07) is 14.0. The van der Waals surface area contributed by atoms with Crippen LogP contribution in [0.5, 0.6) is 0 Å². The lowest BCUT2D eigenvalue weighted by molar-refractivity contribution is 0.271. The SMILES string of the molecule is C.C.C.C.C.C.C.C.C.C.C.C.C.C.C.C.CCCCCCCC1CCC(C)CC1.CCCCCCCc1cc(C)c(C)c(C)c1.CCCCCCCc1cc(C)c(C)cc1C.CCCCCCCc1ccc(C)c(C)c1C. The zero-order chi connectivity index (χ0) is 46.1. The van der Waals surface area contributed by atoms with Crippen LogP contribution in [-0.2, 0) is 19.3 Å². The molecule has 1 aliphatic carbocycles. The lowest BCUT2D eigenvalue weighted by atomic mass is 9.80. The molecule has 0 unspecified atom stereocenters. The Balaban J connectivity index is -0.0000000440. The minimum absolute atomic E-state index is 0. The minimum Gasteiger partial charge on any atom is -0.0776 e. The second kappa shape index (κ2) is 74.7. The van der Waals surface area contributed by atoms with Crippen LogP contribution >= 0.6 is 0 Å². The van der Waals surface area contributed by atoms with Crippen molar-refractivity contribution < 1.29 is 0 Å². The van der Waals surface area contributed by atoms with Gasteiger partial charge in [0.1, 0.15) is 0 Å². The Kier molecular flexibility index (Phi) is 113. The van der Waals surface area contributed by atoms with Crippen molar-refractivity contribution in [3.05, 3.63) is 103 Å². The lowest BCUT2D eigenvalue weighted by Crippen LogP contribution is -2.12. The molecule has 0 atom stereocenters. The van der Waals surface area contributed by atoms with Gasteiger partial charge >= 0.3 is 0 Å². The van der Waals surface area contributed by atoms with Crippen molar-refractivity contribution in [3.63, 3.8) is 0 Å². The Morgan fingerprint density at radius 1 is 0.295 bits per heavy atom. The van der Waals surface area contributed by atoms with E-state index in [4.69, 9.17) is 0 Å². The molecule has 0 N–H and O–H groups in total. The van der Waals surface area contributed by atoms with Crippen LogP contribution < -0.4 is 0 Å². The molecule has 0 heteroatoms. The summed E-state index contributed by atoms with van der Waals surface area (Å²) in [5.74, 6) is 2.11. The van der Waals surface area contributed by atoms with E-state index in [2.05, 4.69) is 133 Å². The highest BCUT2D eigenvalue weighted by Gasteiger charge is 2.17. The molecule has 0 saturated heterocycles. The lowest BCUT2D eigenvalue weighted by Gasteiger charge is -2.25. The summed E-state index contributed by atoms with van der Waals surface area (Å²) in [6.45, 7) is 31.6. The molecule has 0 spiro atoms. The standard InChI is InChI=1S/3C16H26.C14H28.16CH4/c1-5-6-7-8-9-10-16-11-13(2)15(4)14(3)12-16;1-5-6-7-8-9-10-16-12-14(3)13(2)11-15(16)4;1-5-6-7-8-9-10-16-12-11-13(2)14(3)15(16)4;1-3-4-5-6-7-8-14-11-9-13(2)10-12-14;;;;;;;;;;;;;;;;/h3*11-12H,5-10H2,1-4H3;13-14H,3-12H2,1-2H3;16*1H4. The maximum atomic E-state index is 2.41. The van der Waals surface area contributed by atoms with Gasteiger partial charge in [-0.15, -0.1) is 0 Å². The normalized spacial score (nSPS) is 11.6. The first-order valence-electron chi connectivity index (χ1n) is 27.0. The predicted molar refractivity (Wildman–Crippen MR) is 392 cm³/mol. The quantitative estimate of drug-likeness (QED) is 0.0785. The van der Waals surface area contributed by atoms with Crippen LogP contribution in [-0.4, -0.2) is 0 Å². The Bertz CT molecular complexity index is 1510. The molecule has 1 aliphatic rings. The van der Waals surface area contributed by atoms with E-state index >= 15 is 0 Å². The maximum Gasteiger partial charge on any atom is -0.0276 e. The van der Waals surface area contributed by atoms with Crippen LogP contribution in [0.15, 0.2) is 36.4 Å². The Hall–Kier alpha value is -2.34. The van der Waals surface area contributed by atoms with Crippen molar-refractivity contribution >= 4 is 0 Å². The van der Waals surface area contributed by atoms with Crippen molar-refractivity contribution in [2.45, 2.75) is 396 Å². The molecular weight excluding hydrogens is 937 g/mol. The molecule has 1 fully saturated rings. The van der Waals surface area contributed by atoms with Gasteiger partial charge in [-0.1, -0.05) is 331 Å². The monoisotopic (exact) mass is 1110 g/mol. The van der Waals surface area contributed by atoms with E-state index in [1.807, 2.05) is 0 Å². The molecule has 4 rings (SSSR count). The Morgan fingerprint density at radius 2 is 0.641 bits per heavy atom. The van der Waals surface area contributed by atoms with Gasteiger partial charge in [-0.05, 0) is 179 Å². The van der Waals surface area contributed by atoms with Gasteiger partial charge in [-0.3, -0.25) is 0 Å². The fraction of sp³-hybridized carbons (Fsp3) is 0.769. The summed E-state index contributed by atoms with van der Waals surface area (Å²) >= 11 is 0. The molecule has 0 radical (unpaired) electrons. The van der Waals surface area contributed by atoms with E-state index in [-0.39, 0.29) is 119 Å². The molecule has 3 aromatic rings. The fourth-order valence-electron chi connectivity index (χ4n) is 9.27. The molecule has 0 amide bonds. The van der Waals surface area contributed by atoms with Gasteiger partial charge in [-0.2, -0.15) is 0 Å². The second-order valence-electron chi connectivity index (χ2n) is 20.3. The number of benzene rings is 3. The molecule has 0 aliphatic heterocycles. The van der Waals surface area contributed by atoms with E-state index in [1.165, 1.54) is 235 Å². The molecule has 0 aromatic heterocycles. The van der Waals surface area contributed by atoms with Gasteiger partial charge in [-0.25, -0.2) is 0 Å². The third-order valence-electron chi connectivity index (χ3n) is 14.6. The summed E-state index contributed by atoms with van der Waals surface area (Å²) in [5, 5.41) is 0. The average molecular weight is 1110 g/mol. The van der Waals surface area contributed by atoms with Crippen LogP contribution in [0.2, 0.25) is 0 Å². The third kappa shape index (κ3) is 54.3. The zero-order valence-corrected chi connectivity index (χ0v) is 44.4.